The van der Waals surface area contributed by atoms with Gasteiger partial charge in [0.05, 0.1) is 12.6 Å². The van der Waals surface area contributed by atoms with E-state index in [4.69, 9.17) is 4.98 Å². The molecule has 1 atom stereocenters. The van der Waals surface area contributed by atoms with E-state index in [0.717, 1.165) is 35.9 Å². The summed E-state index contributed by atoms with van der Waals surface area (Å²) in [5.74, 6) is 1.03. The van der Waals surface area contributed by atoms with Crippen LogP contribution in [-0.2, 0) is 4.79 Å². The van der Waals surface area contributed by atoms with Crippen LogP contribution in [0.1, 0.15) is 40.0 Å². The minimum atomic E-state index is -0.176. The Morgan fingerprint density at radius 2 is 1.74 bits per heavy atom. The molecule has 0 bridgehead atoms. The summed E-state index contributed by atoms with van der Waals surface area (Å²) in [6.45, 7) is 8.93. The lowest BCUT2D eigenvalue weighted by Crippen LogP contribution is -2.49. The van der Waals surface area contributed by atoms with Gasteiger partial charge in [0.1, 0.15) is 5.82 Å². The number of carbonyl (C=O) groups excluding carboxylic acids is 2. The number of aryl methyl sites for hydroxylation is 3. The van der Waals surface area contributed by atoms with Crippen molar-refractivity contribution in [3.63, 3.8) is 0 Å². The van der Waals surface area contributed by atoms with Gasteiger partial charge in [0, 0.05) is 49.5 Å². The number of piperazine rings is 1. The van der Waals surface area contributed by atoms with Crippen LogP contribution >= 0.6 is 0 Å². The molecule has 0 spiro atoms. The molecule has 1 aromatic carbocycles. The van der Waals surface area contributed by atoms with E-state index in [0.29, 0.717) is 31.5 Å². The molecule has 0 saturated carbocycles. The molecule has 0 aliphatic carbocycles. The summed E-state index contributed by atoms with van der Waals surface area (Å²) in [4.78, 5) is 35.7. The third-order valence-corrected chi connectivity index (χ3v) is 6.42. The maximum absolute atomic E-state index is 13.0. The Morgan fingerprint density at radius 3 is 2.39 bits per heavy atom. The topological polar surface area (TPSA) is 77.0 Å². The Morgan fingerprint density at radius 1 is 1.06 bits per heavy atom. The fourth-order valence-corrected chi connectivity index (χ4v) is 4.49. The highest BCUT2D eigenvalue weighted by Crippen LogP contribution is 2.27. The van der Waals surface area contributed by atoms with Crippen LogP contribution in [0.4, 0.5) is 11.5 Å². The van der Waals surface area contributed by atoms with Gasteiger partial charge in [0.15, 0.2) is 0 Å². The van der Waals surface area contributed by atoms with Gasteiger partial charge < -0.3 is 19.8 Å². The molecule has 1 aromatic heterocycles. The van der Waals surface area contributed by atoms with Crippen LogP contribution < -0.4 is 9.80 Å². The zero-order valence-corrected chi connectivity index (χ0v) is 18.5. The molecule has 1 unspecified atom stereocenters. The zero-order chi connectivity index (χ0) is 22.1. The summed E-state index contributed by atoms with van der Waals surface area (Å²) in [7, 11) is 0. The molecule has 7 nitrogen and oxygen atoms in total. The number of hydrogen-bond donors (Lipinski definition) is 1. The number of benzene rings is 1. The second-order valence-electron chi connectivity index (χ2n) is 8.50. The van der Waals surface area contributed by atoms with Crippen molar-refractivity contribution in [2.45, 2.75) is 39.7 Å². The van der Waals surface area contributed by atoms with Crippen LogP contribution in [0.25, 0.3) is 0 Å². The van der Waals surface area contributed by atoms with Gasteiger partial charge in [-0.2, -0.15) is 0 Å². The highest BCUT2D eigenvalue weighted by atomic mass is 16.3. The molecule has 2 aliphatic heterocycles. The van der Waals surface area contributed by atoms with E-state index < -0.39 is 0 Å². The second kappa shape index (κ2) is 8.67. The fourth-order valence-electron chi connectivity index (χ4n) is 4.49. The van der Waals surface area contributed by atoms with Crippen LogP contribution in [0, 0.1) is 20.8 Å². The van der Waals surface area contributed by atoms with Crippen molar-refractivity contribution < 1.29 is 14.7 Å². The average molecular weight is 423 g/mol. The Balaban J connectivity index is 1.41. The summed E-state index contributed by atoms with van der Waals surface area (Å²) in [5, 5.41) is 9.51. The van der Waals surface area contributed by atoms with E-state index in [1.807, 2.05) is 11.8 Å². The maximum Gasteiger partial charge on any atom is 0.253 e. The second-order valence-corrected chi connectivity index (χ2v) is 8.50. The first-order chi connectivity index (χ1) is 14.9. The van der Waals surface area contributed by atoms with Gasteiger partial charge >= 0.3 is 0 Å². The van der Waals surface area contributed by atoms with E-state index in [1.54, 1.807) is 29.2 Å². The molecule has 2 saturated heterocycles. The molecular formula is C24H30N4O3. The molecule has 2 aromatic rings. The Bertz CT molecular complexity index is 981. The average Bonchev–Trinajstić information content (AvgIpc) is 3.16. The highest BCUT2D eigenvalue weighted by molar-refractivity contribution is 5.98. The predicted molar refractivity (Wildman–Crippen MR) is 121 cm³/mol. The molecule has 0 radical (unpaired) electrons. The molecule has 1 N–H and O–H groups in total. The van der Waals surface area contributed by atoms with Crippen molar-refractivity contribution in [3.05, 3.63) is 52.7 Å². The lowest BCUT2D eigenvalue weighted by Gasteiger charge is -2.36. The van der Waals surface area contributed by atoms with E-state index in [1.165, 1.54) is 5.56 Å². The van der Waals surface area contributed by atoms with Crippen LogP contribution in [0.3, 0.4) is 0 Å². The van der Waals surface area contributed by atoms with Gasteiger partial charge in [-0.25, -0.2) is 4.98 Å². The molecule has 3 heterocycles. The highest BCUT2D eigenvalue weighted by Gasteiger charge is 2.31. The number of aromatic nitrogens is 1. The maximum atomic E-state index is 13.0. The number of hydrogen-bond acceptors (Lipinski definition) is 5. The lowest BCUT2D eigenvalue weighted by molar-refractivity contribution is -0.117. The van der Waals surface area contributed by atoms with E-state index in [2.05, 4.69) is 24.8 Å². The molecule has 7 heteroatoms. The van der Waals surface area contributed by atoms with Crippen molar-refractivity contribution in [2.24, 2.45) is 0 Å². The van der Waals surface area contributed by atoms with Gasteiger partial charge in [-0.05, 0) is 62.6 Å². The molecule has 2 amide bonds. The van der Waals surface area contributed by atoms with Crippen molar-refractivity contribution in [3.8, 4) is 0 Å². The van der Waals surface area contributed by atoms with Gasteiger partial charge in [0.25, 0.3) is 5.91 Å². The van der Waals surface area contributed by atoms with Crippen molar-refractivity contribution >= 4 is 23.3 Å². The zero-order valence-electron chi connectivity index (χ0n) is 18.5. The van der Waals surface area contributed by atoms with Crippen molar-refractivity contribution in [1.82, 2.24) is 9.88 Å². The molecular weight excluding hydrogens is 392 g/mol. The number of anilines is 2. The SMILES string of the molecule is Cc1cc(C)c(N2CCN(C(=O)c3ccc(N4C(=O)CCC4CO)cc3)CC2)nc1C. The molecule has 2 aliphatic rings. The minimum absolute atomic E-state index is 0.00224. The first-order valence-electron chi connectivity index (χ1n) is 10.9. The van der Waals surface area contributed by atoms with E-state index >= 15 is 0 Å². The fraction of sp³-hybridized carbons (Fsp3) is 0.458. The van der Waals surface area contributed by atoms with Crippen molar-refractivity contribution in [1.29, 1.82) is 0 Å². The number of aliphatic hydroxyl groups excluding tert-OH is 1. The summed E-state index contributed by atoms with van der Waals surface area (Å²) in [6, 6.07) is 9.15. The van der Waals surface area contributed by atoms with Gasteiger partial charge in [-0.15, -0.1) is 0 Å². The molecule has 4 rings (SSSR count). The molecule has 164 valence electrons. The van der Waals surface area contributed by atoms with Gasteiger partial charge in [-0.1, -0.05) is 6.07 Å². The van der Waals surface area contributed by atoms with Crippen LogP contribution in [0.5, 0.6) is 0 Å². The molecule has 31 heavy (non-hydrogen) atoms. The largest absolute Gasteiger partial charge is 0.394 e. The predicted octanol–water partition coefficient (Wildman–Crippen LogP) is 2.46. The Labute approximate surface area is 183 Å². The monoisotopic (exact) mass is 422 g/mol. The first kappa shape index (κ1) is 21.3. The number of nitrogens with zero attached hydrogens (tertiary/aromatic N) is 4. The lowest BCUT2D eigenvalue weighted by atomic mass is 10.1. The summed E-state index contributed by atoms with van der Waals surface area (Å²) in [6.07, 6.45) is 1.11. The number of pyridine rings is 1. The molecule has 2 fully saturated rings. The van der Waals surface area contributed by atoms with Crippen LogP contribution in [0.2, 0.25) is 0 Å². The number of aliphatic hydroxyl groups is 1. The minimum Gasteiger partial charge on any atom is -0.394 e. The van der Waals surface area contributed by atoms with E-state index in [-0.39, 0.29) is 24.5 Å². The third kappa shape index (κ3) is 4.14. The van der Waals surface area contributed by atoms with Crippen molar-refractivity contribution in [2.75, 3.05) is 42.6 Å². The standard InChI is InChI=1S/C24H30N4O3/c1-16-14-17(2)23(25-18(16)3)26-10-12-27(13-11-26)24(31)19-4-6-20(7-5-19)28-21(15-29)8-9-22(28)30/h4-7,14,21,29H,8-13,15H2,1-3H3. The van der Waals surface area contributed by atoms with Gasteiger partial charge in [0.2, 0.25) is 5.91 Å². The number of amides is 2. The Hall–Kier alpha value is -2.93. The Kier molecular flexibility index (Phi) is 5.96. The van der Waals surface area contributed by atoms with Crippen LogP contribution in [0.15, 0.2) is 30.3 Å². The summed E-state index contributed by atoms with van der Waals surface area (Å²) >= 11 is 0. The third-order valence-electron chi connectivity index (χ3n) is 6.42. The normalized spacial score (nSPS) is 19.3. The first-order valence-corrected chi connectivity index (χ1v) is 10.9. The smallest absolute Gasteiger partial charge is 0.253 e. The van der Waals surface area contributed by atoms with E-state index in [9.17, 15) is 14.7 Å². The quantitative estimate of drug-likeness (QED) is 0.819. The number of rotatable bonds is 4. The van der Waals surface area contributed by atoms with Gasteiger partial charge in [-0.3, -0.25) is 9.59 Å². The summed E-state index contributed by atoms with van der Waals surface area (Å²) < 4.78 is 0. The van der Waals surface area contributed by atoms with Crippen LogP contribution in [-0.4, -0.2) is 65.6 Å². The summed E-state index contributed by atoms with van der Waals surface area (Å²) in [5.41, 5.74) is 4.75. The number of carbonyl (C=O) groups is 2.